The first-order valence-electron chi connectivity index (χ1n) is 17.0. The van der Waals surface area contributed by atoms with Gasteiger partial charge in [0.2, 0.25) is 0 Å². The van der Waals surface area contributed by atoms with E-state index in [1.165, 1.54) is 9.25 Å². The van der Waals surface area contributed by atoms with Crippen LogP contribution in [-0.2, 0) is 31.2 Å². The Morgan fingerprint density at radius 3 is 2.56 bits per heavy atom. The van der Waals surface area contributed by atoms with Crippen LogP contribution in [0.25, 0.3) is 22.5 Å². The van der Waals surface area contributed by atoms with Crippen LogP contribution in [0.3, 0.4) is 0 Å². The maximum atomic E-state index is 13.8. The highest BCUT2D eigenvalue weighted by Gasteiger charge is 2.34. The standard InChI is InChI=1S/C37H45N9O4/c1-36(2)17-24-16-30-35(49)46(40-23-44(30)31(24)18-36)33-28(21-47)27(9-10-38-33)25-15-29(34(48)42(5)20-25)41-32-8-7-26(19-39-32)45-12-11-43(13-14-50-6)22-37(45,3)4/h7-10,15-16,19-20,23,47H,11-14,17-18,21-22H2,1-6H3,(H,39,41). The van der Waals surface area contributed by atoms with Crippen LogP contribution in [0.15, 0.2) is 64.8 Å². The Morgan fingerprint density at radius 2 is 1.84 bits per heavy atom. The van der Waals surface area contributed by atoms with E-state index in [2.05, 4.69) is 57.9 Å². The number of pyridine rings is 3. The molecule has 1 fully saturated rings. The van der Waals surface area contributed by atoms with Gasteiger partial charge in [0, 0.05) is 75.1 Å². The number of rotatable bonds is 9. The van der Waals surface area contributed by atoms with Gasteiger partial charge in [0.15, 0.2) is 5.82 Å². The predicted octanol–water partition coefficient (Wildman–Crippen LogP) is 3.55. The average molecular weight is 680 g/mol. The molecule has 0 bridgehead atoms. The molecule has 5 aromatic rings. The van der Waals surface area contributed by atoms with Crippen molar-refractivity contribution in [3.05, 3.63) is 92.8 Å². The Labute approximate surface area is 290 Å². The molecule has 2 N–H and O–H groups in total. The van der Waals surface area contributed by atoms with E-state index >= 15 is 0 Å². The number of aliphatic hydroxyl groups is 1. The van der Waals surface area contributed by atoms with Crippen molar-refractivity contribution in [2.75, 3.05) is 50.1 Å². The highest BCUT2D eigenvalue weighted by Crippen LogP contribution is 2.37. The molecular weight excluding hydrogens is 634 g/mol. The van der Waals surface area contributed by atoms with E-state index in [0.717, 1.165) is 56.0 Å². The molecular formula is C37H45N9O4. The van der Waals surface area contributed by atoms with Crippen molar-refractivity contribution in [2.24, 2.45) is 12.5 Å². The predicted molar refractivity (Wildman–Crippen MR) is 194 cm³/mol. The van der Waals surface area contributed by atoms with Crippen molar-refractivity contribution in [1.29, 1.82) is 0 Å². The van der Waals surface area contributed by atoms with Gasteiger partial charge in [0.1, 0.15) is 23.3 Å². The molecule has 1 saturated heterocycles. The third kappa shape index (κ3) is 6.10. The summed E-state index contributed by atoms with van der Waals surface area (Å²) in [7, 11) is 3.41. The summed E-state index contributed by atoms with van der Waals surface area (Å²) in [6.45, 7) is 12.9. The van der Waals surface area contributed by atoms with Gasteiger partial charge in [-0.05, 0) is 73.6 Å². The Morgan fingerprint density at radius 1 is 1.02 bits per heavy atom. The zero-order valence-electron chi connectivity index (χ0n) is 29.6. The SMILES string of the molecule is COCCN1CCN(c2ccc(Nc3cc(-c4ccnc(-n5ncn6c7c(cc6c5=O)CC(C)(C)C7)c4CO)cn(C)c3=O)nc2)C(C)(C)C1. The molecule has 50 heavy (non-hydrogen) atoms. The minimum absolute atomic E-state index is 0.0909. The molecule has 0 aromatic carbocycles. The van der Waals surface area contributed by atoms with Gasteiger partial charge in [-0.2, -0.15) is 9.78 Å². The molecule has 0 radical (unpaired) electrons. The zero-order chi connectivity index (χ0) is 35.4. The normalized spacial score (nSPS) is 17.0. The van der Waals surface area contributed by atoms with Crippen molar-refractivity contribution in [3.8, 4) is 16.9 Å². The lowest BCUT2D eigenvalue weighted by Gasteiger charge is -2.48. The number of hydrogen-bond acceptors (Lipinski definition) is 10. The van der Waals surface area contributed by atoms with Crippen LogP contribution in [0.2, 0.25) is 0 Å². The quantitative estimate of drug-likeness (QED) is 0.238. The fraction of sp³-hybridized carbons (Fsp3) is 0.432. The van der Waals surface area contributed by atoms with Crippen LogP contribution in [0, 0.1) is 5.41 Å². The van der Waals surface area contributed by atoms with Crippen molar-refractivity contribution >= 4 is 22.7 Å². The van der Waals surface area contributed by atoms with Crippen molar-refractivity contribution in [3.63, 3.8) is 0 Å². The first kappa shape index (κ1) is 33.6. The average Bonchev–Trinajstić information content (AvgIpc) is 3.57. The fourth-order valence-corrected chi connectivity index (χ4v) is 7.65. The maximum absolute atomic E-state index is 13.8. The summed E-state index contributed by atoms with van der Waals surface area (Å²) in [5.74, 6) is 0.770. The number of aromatic nitrogens is 6. The molecule has 0 unspecified atom stereocenters. The monoisotopic (exact) mass is 679 g/mol. The highest BCUT2D eigenvalue weighted by molar-refractivity contribution is 5.73. The number of nitrogens with zero attached hydrogens (tertiary/aromatic N) is 8. The molecule has 0 amide bonds. The minimum Gasteiger partial charge on any atom is -0.392 e. The lowest BCUT2D eigenvalue weighted by molar-refractivity contribution is 0.119. The van der Waals surface area contributed by atoms with Gasteiger partial charge < -0.3 is 24.6 Å². The number of fused-ring (bicyclic) bond motifs is 3. The van der Waals surface area contributed by atoms with E-state index in [1.807, 2.05) is 28.8 Å². The van der Waals surface area contributed by atoms with Crippen LogP contribution >= 0.6 is 0 Å². The summed E-state index contributed by atoms with van der Waals surface area (Å²) in [5, 5.41) is 18.3. The van der Waals surface area contributed by atoms with Crippen molar-refractivity contribution in [1.82, 2.24) is 33.6 Å². The van der Waals surface area contributed by atoms with E-state index in [9.17, 15) is 14.7 Å². The van der Waals surface area contributed by atoms with E-state index < -0.39 is 6.61 Å². The molecule has 0 atom stereocenters. The Hall–Kier alpha value is -4.85. The smallest absolute Gasteiger partial charge is 0.297 e. The van der Waals surface area contributed by atoms with Gasteiger partial charge in [-0.25, -0.2) is 9.97 Å². The zero-order valence-corrected chi connectivity index (χ0v) is 29.6. The number of aliphatic hydroxyl groups excluding tert-OH is 1. The number of piperazine rings is 1. The molecule has 1 aliphatic heterocycles. The molecule has 13 nitrogen and oxygen atoms in total. The molecule has 7 rings (SSSR count). The molecule has 2 aliphatic rings. The van der Waals surface area contributed by atoms with Gasteiger partial charge in [-0.15, -0.1) is 0 Å². The van der Waals surface area contributed by atoms with E-state index in [-0.39, 0.29) is 27.9 Å². The summed E-state index contributed by atoms with van der Waals surface area (Å²) >= 11 is 0. The largest absolute Gasteiger partial charge is 0.392 e. The Bertz CT molecular complexity index is 2180. The number of ether oxygens (including phenoxy) is 1. The number of methoxy groups -OCH3 is 1. The summed E-state index contributed by atoms with van der Waals surface area (Å²) in [6.07, 6.45) is 8.54. The number of hydrogen-bond donors (Lipinski definition) is 2. The number of aryl methyl sites for hydroxylation is 1. The van der Waals surface area contributed by atoms with Gasteiger partial charge in [-0.3, -0.25) is 18.9 Å². The summed E-state index contributed by atoms with van der Waals surface area (Å²) in [6, 6.07) is 9.35. The van der Waals surface area contributed by atoms with Crippen LogP contribution in [0.4, 0.5) is 17.2 Å². The Balaban J connectivity index is 1.17. The first-order valence-corrected chi connectivity index (χ1v) is 17.0. The maximum Gasteiger partial charge on any atom is 0.297 e. The topological polar surface area (TPSA) is 135 Å². The second-order valence-corrected chi connectivity index (χ2v) is 14.9. The Kier molecular flexibility index (Phi) is 8.61. The van der Waals surface area contributed by atoms with Crippen LogP contribution in [-0.4, -0.2) is 84.2 Å². The van der Waals surface area contributed by atoms with Crippen molar-refractivity contribution < 1.29 is 9.84 Å². The molecule has 6 heterocycles. The van der Waals surface area contributed by atoms with Gasteiger partial charge >= 0.3 is 0 Å². The number of nitrogens with one attached hydrogen (secondary N) is 1. The van der Waals surface area contributed by atoms with Gasteiger partial charge in [-0.1, -0.05) is 13.8 Å². The molecule has 0 saturated carbocycles. The fourth-order valence-electron chi connectivity index (χ4n) is 7.65. The second-order valence-electron chi connectivity index (χ2n) is 14.9. The molecule has 13 heteroatoms. The molecule has 5 aromatic heterocycles. The van der Waals surface area contributed by atoms with Crippen LogP contribution in [0.1, 0.15) is 44.5 Å². The summed E-state index contributed by atoms with van der Waals surface area (Å²) < 4.78 is 9.89. The highest BCUT2D eigenvalue weighted by atomic mass is 16.5. The van der Waals surface area contributed by atoms with Gasteiger partial charge in [0.05, 0.1) is 25.1 Å². The minimum atomic E-state index is -0.394. The van der Waals surface area contributed by atoms with E-state index in [0.29, 0.717) is 40.3 Å². The molecule has 262 valence electrons. The van der Waals surface area contributed by atoms with Crippen LogP contribution in [0.5, 0.6) is 0 Å². The van der Waals surface area contributed by atoms with Crippen LogP contribution < -0.4 is 21.3 Å². The molecule has 0 spiro atoms. The molecule has 1 aliphatic carbocycles. The number of anilines is 3. The van der Waals surface area contributed by atoms with Gasteiger partial charge in [0.25, 0.3) is 11.1 Å². The second kappa shape index (κ2) is 12.8. The summed E-state index contributed by atoms with van der Waals surface area (Å²) in [4.78, 5) is 41.0. The lowest BCUT2D eigenvalue weighted by Crippen LogP contribution is -2.60. The third-order valence-corrected chi connectivity index (χ3v) is 10.0. The van der Waals surface area contributed by atoms with E-state index in [4.69, 9.17) is 4.74 Å². The van der Waals surface area contributed by atoms with Crippen molar-refractivity contribution in [2.45, 2.75) is 52.7 Å². The third-order valence-electron chi connectivity index (χ3n) is 10.0. The summed E-state index contributed by atoms with van der Waals surface area (Å²) in [5.41, 5.74) is 5.33. The lowest BCUT2D eigenvalue weighted by atomic mass is 9.90. The first-order chi connectivity index (χ1) is 23.9. The van der Waals surface area contributed by atoms with E-state index in [1.54, 1.807) is 45.0 Å².